The van der Waals surface area contributed by atoms with Gasteiger partial charge in [-0.25, -0.2) is 4.98 Å². The maximum Gasteiger partial charge on any atom is 0.258 e. The summed E-state index contributed by atoms with van der Waals surface area (Å²) in [5.74, 6) is 4.86. The molecule has 1 amide bonds. The summed E-state index contributed by atoms with van der Waals surface area (Å²) in [4.78, 5) is 29.7. The lowest BCUT2D eigenvalue weighted by molar-refractivity contribution is 0.0518. The van der Waals surface area contributed by atoms with Gasteiger partial charge in [-0.15, -0.1) is 0 Å². The molecule has 2 heterocycles. The number of nitrogens with zero attached hydrogens (tertiary/aromatic N) is 2. The molecule has 1 saturated carbocycles. The van der Waals surface area contributed by atoms with E-state index in [9.17, 15) is 14.7 Å². The third-order valence-electron chi connectivity index (χ3n) is 5.00. The summed E-state index contributed by atoms with van der Waals surface area (Å²) in [6.07, 6.45) is 3.83. The van der Waals surface area contributed by atoms with Crippen LogP contribution in [0.25, 0.3) is 11.0 Å². The Morgan fingerprint density at radius 2 is 2.11 bits per heavy atom. The molecule has 1 atom stereocenters. The minimum atomic E-state index is -1.55. The third kappa shape index (κ3) is 3.59. The normalized spacial score (nSPS) is 16.4. The Morgan fingerprint density at radius 3 is 2.71 bits per heavy atom. The Morgan fingerprint density at radius 1 is 1.43 bits per heavy atom. The highest BCUT2D eigenvalue weighted by Gasteiger charge is 2.26. The molecule has 0 spiro atoms. The van der Waals surface area contributed by atoms with Crippen molar-refractivity contribution in [1.82, 2.24) is 14.9 Å². The smallest absolute Gasteiger partial charge is 0.258 e. The van der Waals surface area contributed by atoms with Gasteiger partial charge < -0.3 is 25.8 Å². The predicted molar refractivity (Wildman–Crippen MR) is 106 cm³/mol. The molecular formula is C20H24N4O4. The van der Waals surface area contributed by atoms with E-state index < -0.39 is 23.5 Å². The molecule has 2 aromatic heterocycles. The highest BCUT2D eigenvalue weighted by Crippen LogP contribution is 2.34. The van der Waals surface area contributed by atoms with Gasteiger partial charge in [0.2, 0.25) is 5.43 Å². The van der Waals surface area contributed by atoms with Crippen molar-refractivity contribution in [1.29, 1.82) is 0 Å². The zero-order chi connectivity index (χ0) is 20.5. The molecule has 1 aliphatic carbocycles. The zero-order valence-corrected chi connectivity index (χ0v) is 16.0. The monoisotopic (exact) mass is 384 g/mol. The lowest BCUT2D eigenvalue weighted by atomic mass is 10.1. The molecule has 8 nitrogen and oxygen atoms in total. The average molecular weight is 384 g/mol. The van der Waals surface area contributed by atoms with Crippen molar-refractivity contribution in [2.24, 2.45) is 0 Å². The first-order valence-electron chi connectivity index (χ1n) is 9.22. The van der Waals surface area contributed by atoms with E-state index in [4.69, 9.17) is 10.8 Å². The van der Waals surface area contributed by atoms with Crippen molar-refractivity contribution in [3.63, 3.8) is 0 Å². The Labute approximate surface area is 162 Å². The molecule has 3 rings (SSSR count). The van der Waals surface area contributed by atoms with Crippen molar-refractivity contribution in [2.45, 2.75) is 44.2 Å². The second-order valence-electron chi connectivity index (χ2n) is 7.23. The van der Waals surface area contributed by atoms with Crippen LogP contribution in [-0.2, 0) is 0 Å². The summed E-state index contributed by atoms with van der Waals surface area (Å²) < 4.78 is 1.77. The van der Waals surface area contributed by atoms with Gasteiger partial charge in [-0.3, -0.25) is 9.59 Å². The number of aliphatic hydroxyl groups is 2. The number of hydrogen-bond donors (Lipinski definition) is 4. The molecule has 5 N–H and O–H groups in total. The summed E-state index contributed by atoms with van der Waals surface area (Å²) in [7, 11) is 1.45. The largest absolute Gasteiger partial charge is 0.392 e. The van der Waals surface area contributed by atoms with Crippen molar-refractivity contribution in [2.75, 3.05) is 19.4 Å². The van der Waals surface area contributed by atoms with Crippen LogP contribution in [0.15, 0.2) is 16.9 Å². The average Bonchev–Trinajstić information content (AvgIpc) is 3.20. The van der Waals surface area contributed by atoms with Gasteiger partial charge >= 0.3 is 0 Å². The fourth-order valence-electron chi connectivity index (χ4n) is 3.48. The number of nitrogen functional groups attached to an aromatic ring is 1. The van der Waals surface area contributed by atoms with E-state index in [0.717, 1.165) is 25.7 Å². The van der Waals surface area contributed by atoms with Crippen LogP contribution in [0.1, 0.15) is 54.7 Å². The number of amides is 1. The number of anilines is 1. The van der Waals surface area contributed by atoms with Gasteiger partial charge in [0.15, 0.2) is 0 Å². The van der Waals surface area contributed by atoms with E-state index in [0.29, 0.717) is 16.7 Å². The Kier molecular flexibility index (Phi) is 5.40. The fraction of sp³-hybridized carbons (Fsp3) is 0.450. The zero-order valence-electron chi connectivity index (χ0n) is 16.0. The molecule has 0 saturated heterocycles. The summed E-state index contributed by atoms with van der Waals surface area (Å²) in [5.41, 5.74) is 4.87. The molecule has 0 radical (unpaired) electrons. The SMILES string of the molecule is CNC(=O)c1c(N)n(C2CCCC2)c2nc(C#CC(C)(O)CO)ccc2c1=O. The fourth-order valence-corrected chi connectivity index (χ4v) is 3.48. The van der Waals surface area contributed by atoms with E-state index in [1.165, 1.54) is 14.0 Å². The summed E-state index contributed by atoms with van der Waals surface area (Å²) in [5, 5.41) is 21.8. The van der Waals surface area contributed by atoms with Crippen LogP contribution in [0, 0.1) is 11.8 Å². The van der Waals surface area contributed by atoms with Gasteiger partial charge in [-0.05, 0) is 37.8 Å². The Bertz CT molecular complexity index is 1040. The summed E-state index contributed by atoms with van der Waals surface area (Å²) in [6.45, 7) is 0.881. The number of nitrogens with one attached hydrogen (secondary N) is 1. The van der Waals surface area contributed by atoms with Crippen LogP contribution in [-0.4, -0.2) is 44.9 Å². The van der Waals surface area contributed by atoms with E-state index in [1.54, 1.807) is 16.7 Å². The number of aromatic nitrogens is 2. The second kappa shape index (κ2) is 7.62. The number of carbonyl (C=O) groups is 1. The molecule has 148 valence electrons. The molecule has 0 aliphatic heterocycles. The maximum atomic E-state index is 12.9. The molecule has 1 aliphatic rings. The van der Waals surface area contributed by atoms with Gasteiger partial charge in [0, 0.05) is 13.1 Å². The lowest BCUT2D eigenvalue weighted by Crippen LogP contribution is -2.31. The number of nitrogens with two attached hydrogens (primary N) is 1. The van der Waals surface area contributed by atoms with E-state index in [1.807, 2.05) is 0 Å². The number of carbonyl (C=O) groups excluding carboxylic acids is 1. The number of pyridine rings is 2. The number of rotatable bonds is 3. The molecule has 0 bridgehead atoms. The van der Waals surface area contributed by atoms with Crippen molar-refractivity contribution < 1.29 is 15.0 Å². The second-order valence-corrected chi connectivity index (χ2v) is 7.23. The van der Waals surface area contributed by atoms with E-state index >= 15 is 0 Å². The molecule has 1 fully saturated rings. The third-order valence-corrected chi connectivity index (χ3v) is 5.00. The summed E-state index contributed by atoms with van der Waals surface area (Å²) >= 11 is 0. The van der Waals surface area contributed by atoms with Crippen LogP contribution in [0.3, 0.4) is 0 Å². The highest BCUT2D eigenvalue weighted by molar-refractivity contribution is 6.01. The number of aliphatic hydroxyl groups excluding tert-OH is 1. The van der Waals surface area contributed by atoms with Crippen molar-refractivity contribution in [3.8, 4) is 11.8 Å². The standard InChI is InChI=1S/C20H24N4O4/c1-20(28,11-25)10-9-12-7-8-14-16(26)15(19(27)22-2)17(21)24(18(14)23-12)13-5-3-4-6-13/h7-8,13,25,28H,3-6,11,21H2,1-2H3,(H,22,27). The minimum absolute atomic E-state index is 0.0442. The van der Waals surface area contributed by atoms with Gasteiger partial charge in [0.25, 0.3) is 5.91 Å². The van der Waals surface area contributed by atoms with Crippen LogP contribution in [0.5, 0.6) is 0 Å². The molecule has 2 aromatic rings. The van der Waals surface area contributed by atoms with Crippen LogP contribution < -0.4 is 16.5 Å². The predicted octanol–water partition coefficient (Wildman–Crippen LogP) is 0.548. The van der Waals surface area contributed by atoms with Gasteiger partial charge in [-0.1, -0.05) is 18.8 Å². The van der Waals surface area contributed by atoms with Crippen LogP contribution in [0.2, 0.25) is 0 Å². The first-order chi connectivity index (χ1) is 13.3. The first-order valence-corrected chi connectivity index (χ1v) is 9.22. The Hall–Kier alpha value is -2.89. The molecular weight excluding hydrogens is 360 g/mol. The quantitative estimate of drug-likeness (QED) is 0.572. The topological polar surface area (TPSA) is 130 Å². The van der Waals surface area contributed by atoms with Gasteiger partial charge in [-0.2, -0.15) is 0 Å². The Balaban J connectivity index is 2.28. The summed E-state index contributed by atoms with van der Waals surface area (Å²) in [6, 6.07) is 3.16. The van der Waals surface area contributed by atoms with E-state index in [-0.39, 0.29) is 17.4 Å². The first kappa shape index (κ1) is 19.9. The number of fused-ring (bicyclic) bond motifs is 1. The molecule has 8 heteroatoms. The lowest BCUT2D eigenvalue weighted by Gasteiger charge is -2.21. The van der Waals surface area contributed by atoms with Gasteiger partial charge in [0.05, 0.1) is 12.0 Å². The van der Waals surface area contributed by atoms with Crippen LogP contribution >= 0.6 is 0 Å². The highest BCUT2D eigenvalue weighted by atomic mass is 16.3. The molecule has 28 heavy (non-hydrogen) atoms. The number of hydrogen-bond acceptors (Lipinski definition) is 6. The molecule has 0 aromatic carbocycles. The van der Waals surface area contributed by atoms with Crippen molar-refractivity contribution >= 4 is 22.8 Å². The van der Waals surface area contributed by atoms with Crippen LogP contribution in [0.4, 0.5) is 5.82 Å². The van der Waals surface area contributed by atoms with Gasteiger partial charge in [0.1, 0.15) is 28.3 Å². The minimum Gasteiger partial charge on any atom is -0.392 e. The molecule has 1 unspecified atom stereocenters. The van der Waals surface area contributed by atoms with Crippen molar-refractivity contribution in [3.05, 3.63) is 33.6 Å². The van der Waals surface area contributed by atoms with E-state index in [2.05, 4.69) is 22.1 Å². The maximum absolute atomic E-state index is 12.9.